The van der Waals surface area contributed by atoms with Gasteiger partial charge in [0.1, 0.15) is 0 Å². The zero-order chi connectivity index (χ0) is 12.0. The molecular weight excluding hydrogens is 218 g/mol. The van der Waals surface area contributed by atoms with Crippen molar-refractivity contribution in [2.24, 2.45) is 0 Å². The third-order valence-corrected chi connectivity index (χ3v) is 3.61. The Hall–Kier alpha value is -0.510. The number of benzene rings is 1. The molecule has 3 heteroatoms. The molecule has 0 radical (unpaired) electrons. The van der Waals surface area contributed by atoms with Gasteiger partial charge >= 0.3 is 0 Å². The molecule has 2 atom stereocenters. The van der Waals surface area contributed by atoms with Crippen LogP contribution in [0.1, 0.15) is 19.4 Å². The normalized spacial score (nSPS) is 14.8. The van der Waals surface area contributed by atoms with Gasteiger partial charge in [0.2, 0.25) is 0 Å². The van der Waals surface area contributed by atoms with E-state index in [9.17, 15) is 0 Å². The zero-order valence-corrected chi connectivity index (χ0v) is 11.3. The SMILES string of the molecule is COC(C)C(C)NCc1ccc(SC)cc1. The van der Waals surface area contributed by atoms with Crippen LogP contribution < -0.4 is 5.32 Å². The standard InChI is InChI=1S/C13H21NOS/c1-10(11(2)15-3)14-9-12-5-7-13(16-4)8-6-12/h5-8,10-11,14H,9H2,1-4H3. The summed E-state index contributed by atoms with van der Waals surface area (Å²) in [5.74, 6) is 0. The fraction of sp³-hybridized carbons (Fsp3) is 0.538. The summed E-state index contributed by atoms with van der Waals surface area (Å²) in [4.78, 5) is 1.31. The van der Waals surface area contributed by atoms with Gasteiger partial charge in [-0.2, -0.15) is 0 Å². The summed E-state index contributed by atoms with van der Waals surface area (Å²) in [5, 5.41) is 3.46. The molecule has 16 heavy (non-hydrogen) atoms. The van der Waals surface area contributed by atoms with Gasteiger partial charge in [0.05, 0.1) is 6.10 Å². The van der Waals surface area contributed by atoms with Crippen LogP contribution in [-0.2, 0) is 11.3 Å². The third kappa shape index (κ3) is 4.16. The van der Waals surface area contributed by atoms with Crippen LogP contribution in [0.25, 0.3) is 0 Å². The molecule has 0 fully saturated rings. The van der Waals surface area contributed by atoms with Crippen LogP contribution in [0.2, 0.25) is 0 Å². The number of rotatable bonds is 6. The second-order valence-corrected chi connectivity index (χ2v) is 4.84. The lowest BCUT2D eigenvalue weighted by molar-refractivity contribution is 0.0882. The number of ether oxygens (including phenoxy) is 1. The van der Waals surface area contributed by atoms with Crippen LogP contribution >= 0.6 is 11.8 Å². The Morgan fingerprint density at radius 1 is 1.25 bits per heavy atom. The summed E-state index contributed by atoms with van der Waals surface area (Å²) in [6, 6.07) is 9.02. The van der Waals surface area contributed by atoms with E-state index in [1.807, 2.05) is 0 Å². The molecule has 2 nitrogen and oxygen atoms in total. The highest BCUT2D eigenvalue weighted by Crippen LogP contribution is 2.14. The first-order valence-electron chi connectivity index (χ1n) is 5.56. The topological polar surface area (TPSA) is 21.3 Å². The highest BCUT2D eigenvalue weighted by molar-refractivity contribution is 7.98. The lowest BCUT2D eigenvalue weighted by atomic mass is 10.2. The Bertz CT molecular complexity index is 299. The first kappa shape index (κ1) is 13.6. The molecule has 0 aliphatic heterocycles. The molecule has 0 saturated heterocycles. The van der Waals surface area contributed by atoms with Crippen molar-refractivity contribution in [2.75, 3.05) is 13.4 Å². The molecule has 0 bridgehead atoms. The van der Waals surface area contributed by atoms with Gasteiger partial charge in [0.15, 0.2) is 0 Å². The van der Waals surface area contributed by atoms with Gasteiger partial charge in [-0.1, -0.05) is 12.1 Å². The zero-order valence-electron chi connectivity index (χ0n) is 10.5. The van der Waals surface area contributed by atoms with Gasteiger partial charge < -0.3 is 10.1 Å². The average molecular weight is 239 g/mol. The first-order chi connectivity index (χ1) is 7.67. The lowest BCUT2D eigenvalue weighted by Crippen LogP contribution is -2.36. The molecule has 90 valence electrons. The van der Waals surface area contributed by atoms with Crippen molar-refractivity contribution in [3.05, 3.63) is 29.8 Å². The van der Waals surface area contributed by atoms with Gasteiger partial charge in [0, 0.05) is 24.6 Å². The molecule has 0 amide bonds. The van der Waals surface area contributed by atoms with Crippen molar-refractivity contribution in [2.45, 2.75) is 37.4 Å². The summed E-state index contributed by atoms with van der Waals surface area (Å²) >= 11 is 1.77. The Labute approximate surface area is 103 Å². The maximum Gasteiger partial charge on any atom is 0.0693 e. The second-order valence-electron chi connectivity index (χ2n) is 3.96. The highest BCUT2D eigenvalue weighted by Gasteiger charge is 2.09. The Balaban J connectivity index is 2.42. The molecule has 0 aromatic heterocycles. The van der Waals surface area contributed by atoms with Crippen molar-refractivity contribution in [1.82, 2.24) is 5.32 Å². The minimum absolute atomic E-state index is 0.241. The average Bonchev–Trinajstić information content (AvgIpc) is 2.35. The van der Waals surface area contributed by atoms with E-state index >= 15 is 0 Å². The molecule has 1 N–H and O–H groups in total. The summed E-state index contributed by atoms with van der Waals surface area (Å²) in [6.45, 7) is 5.11. The number of hydrogen-bond acceptors (Lipinski definition) is 3. The smallest absolute Gasteiger partial charge is 0.0693 e. The van der Waals surface area contributed by atoms with E-state index in [-0.39, 0.29) is 6.10 Å². The van der Waals surface area contributed by atoms with Crippen molar-refractivity contribution < 1.29 is 4.74 Å². The van der Waals surface area contributed by atoms with E-state index in [1.165, 1.54) is 10.5 Å². The molecule has 0 spiro atoms. The van der Waals surface area contributed by atoms with Gasteiger partial charge in [-0.3, -0.25) is 0 Å². The van der Waals surface area contributed by atoms with Crippen molar-refractivity contribution >= 4 is 11.8 Å². The molecule has 0 aliphatic carbocycles. The summed E-state index contributed by atoms with van der Waals surface area (Å²) in [7, 11) is 1.75. The monoisotopic (exact) mass is 239 g/mol. The minimum atomic E-state index is 0.241. The van der Waals surface area contributed by atoms with Gasteiger partial charge in [-0.15, -0.1) is 11.8 Å². The number of methoxy groups -OCH3 is 1. The quantitative estimate of drug-likeness (QED) is 0.771. The highest BCUT2D eigenvalue weighted by atomic mass is 32.2. The molecular formula is C13H21NOS. The summed E-state index contributed by atoms with van der Waals surface area (Å²) in [6.07, 6.45) is 2.33. The lowest BCUT2D eigenvalue weighted by Gasteiger charge is -2.19. The van der Waals surface area contributed by atoms with Crippen LogP contribution in [0, 0.1) is 0 Å². The maximum absolute atomic E-state index is 5.27. The fourth-order valence-corrected chi connectivity index (χ4v) is 1.80. The van der Waals surface area contributed by atoms with E-state index in [4.69, 9.17) is 4.74 Å². The van der Waals surface area contributed by atoms with Crippen molar-refractivity contribution in [3.63, 3.8) is 0 Å². The maximum atomic E-state index is 5.27. The van der Waals surface area contributed by atoms with Crippen molar-refractivity contribution in [3.8, 4) is 0 Å². The largest absolute Gasteiger partial charge is 0.380 e. The number of hydrogen-bond donors (Lipinski definition) is 1. The number of nitrogens with one attached hydrogen (secondary N) is 1. The molecule has 1 aromatic carbocycles. The molecule has 2 unspecified atom stereocenters. The van der Waals surface area contributed by atoms with Gasteiger partial charge in [-0.05, 0) is 37.8 Å². The van der Waals surface area contributed by atoms with E-state index in [1.54, 1.807) is 18.9 Å². The van der Waals surface area contributed by atoms with E-state index in [0.29, 0.717) is 6.04 Å². The van der Waals surface area contributed by atoms with Crippen molar-refractivity contribution in [1.29, 1.82) is 0 Å². The second kappa shape index (κ2) is 6.94. The third-order valence-electron chi connectivity index (χ3n) is 2.86. The Morgan fingerprint density at radius 2 is 1.88 bits per heavy atom. The Morgan fingerprint density at radius 3 is 2.38 bits per heavy atom. The van der Waals surface area contributed by atoms with E-state index in [0.717, 1.165) is 6.54 Å². The summed E-state index contributed by atoms with van der Waals surface area (Å²) in [5.41, 5.74) is 1.31. The molecule has 1 rings (SSSR count). The van der Waals surface area contributed by atoms with Gasteiger partial charge in [0.25, 0.3) is 0 Å². The number of thioether (sulfide) groups is 1. The van der Waals surface area contributed by atoms with Crippen LogP contribution in [0.4, 0.5) is 0 Å². The fourth-order valence-electron chi connectivity index (χ4n) is 1.39. The van der Waals surface area contributed by atoms with E-state index in [2.05, 4.69) is 49.7 Å². The van der Waals surface area contributed by atoms with Crippen LogP contribution in [0.5, 0.6) is 0 Å². The molecule has 0 heterocycles. The van der Waals surface area contributed by atoms with Crippen LogP contribution in [0.15, 0.2) is 29.2 Å². The predicted octanol–water partition coefficient (Wildman–Crippen LogP) is 2.92. The summed E-state index contributed by atoms with van der Waals surface area (Å²) < 4.78 is 5.27. The predicted molar refractivity (Wildman–Crippen MR) is 71.0 cm³/mol. The van der Waals surface area contributed by atoms with Crippen LogP contribution in [0.3, 0.4) is 0 Å². The molecule has 1 aromatic rings. The van der Waals surface area contributed by atoms with Crippen LogP contribution in [-0.4, -0.2) is 25.5 Å². The van der Waals surface area contributed by atoms with Gasteiger partial charge in [-0.25, -0.2) is 0 Å². The van der Waals surface area contributed by atoms with E-state index < -0.39 is 0 Å². The minimum Gasteiger partial charge on any atom is -0.380 e. The molecule has 0 aliphatic rings. The molecule has 0 saturated carbocycles. The Kier molecular flexibility index (Phi) is 5.88. The first-order valence-corrected chi connectivity index (χ1v) is 6.79.